The van der Waals surface area contributed by atoms with Crippen molar-refractivity contribution in [3.63, 3.8) is 0 Å². The van der Waals surface area contributed by atoms with Crippen molar-refractivity contribution in [3.05, 3.63) is 89.1 Å². The molecule has 1 N–H and O–H groups in total. The van der Waals surface area contributed by atoms with Gasteiger partial charge in [-0.25, -0.2) is 9.97 Å². The lowest BCUT2D eigenvalue weighted by atomic mass is 9.87. The van der Waals surface area contributed by atoms with E-state index in [9.17, 15) is 4.79 Å². The summed E-state index contributed by atoms with van der Waals surface area (Å²) in [6.45, 7) is 13.5. The van der Waals surface area contributed by atoms with E-state index < -0.39 is 0 Å². The summed E-state index contributed by atoms with van der Waals surface area (Å²) in [4.78, 5) is 34.3. The molecule has 1 amide bonds. The van der Waals surface area contributed by atoms with Crippen molar-refractivity contribution in [2.45, 2.75) is 71.4 Å². The van der Waals surface area contributed by atoms with Gasteiger partial charge in [0.1, 0.15) is 12.4 Å². The average molecular weight is 623 g/mol. The standard InChI is InChI=1S/C36H42N6O2S/c1-24-11-8-12-25(2)33(24)30-20-32-39-35(38-30)40-45-29-15-9-13-26(19-29)34(43)42(28(23-44-32)21-36(3,4)5)22-27-14-10-16-31(37-27)41-17-6-7-18-41/h8-16,19-20,28H,6-7,17-18,21-23H2,1-5H3,(H,38,39,40)/t28-/m1/s1. The molecule has 2 aromatic heterocycles. The zero-order chi connectivity index (χ0) is 31.6. The van der Waals surface area contributed by atoms with Crippen LogP contribution >= 0.6 is 11.9 Å². The molecule has 0 aliphatic carbocycles. The van der Waals surface area contributed by atoms with Crippen LogP contribution in [0.15, 0.2) is 71.6 Å². The summed E-state index contributed by atoms with van der Waals surface area (Å²) in [7, 11) is 0. The number of hydrogen-bond acceptors (Lipinski definition) is 8. The molecular formula is C36H42N6O2S. The van der Waals surface area contributed by atoms with Crippen molar-refractivity contribution in [2.75, 3.05) is 29.3 Å². The molecule has 45 heavy (non-hydrogen) atoms. The average Bonchev–Trinajstić information content (AvgIpc) is 3.55. The van der Waals surface area contributed by atoms with Crippen molar-refractivity contribution < 1.29 is 9.53 Å². The first-order valence-corrected chi connectivity index (χ1v) is 16.6. The molecular weight excluding hydrogens is 581 g/mol. The Morgan fingerprint density at radius 2 is 1.67 bits per heavy atom. The zero-order valence-corrected chi connectivity index (χ0v) is 27.7. The Labute approximate surface area is 270 Å². The largest absolute Gasteiger partial charge is 0.475 e. The third-order valence-electron chi connectivity index (χ3n) is 8.31. The number of benzene rings is 2. The van der Waals surface area contributed by atoms with Gasteiger partial charge in [-0.15, -0.1) is 0 Å². The number of aryl methyl sites for hydroxylation is 2. The smallest absolute Gasteiger partial charge is 0.254 e. The van der Waals surface area contributed by atoms with Gasteiger partial charge in [-0.1, -0.05) is 51.1 Å². The zero-order valence-electron chi connectivity index (χ0n) is 26.8. The summed E-state index contributed by atoms with van der Waals surface area (Å²) in [5.41, 5.74) is 5.56. The maximum Gasteiger partial charge on any atom is 0.254 e. The van der Waals surface area contributed by atoms with Crippen molar-refractivity contribution in [1.29, 1.82) is 0 Å². The highest BCUT2D eigenvalue weighted by Gasteiger charge is 2.31. The number of nitrogens with zero attached hydrogens (tertiary/aromatic N) is 5. The van der Waals surface area contributed by atoms with Crippen LogP contribution in [0.2, 0.25) is 0 Å². The highest BCUT2D eigenvalue weighted by atomic mass is 32.2. The van der Waals surface area contributed by atoms with E-state index in [0.717, 1.165) is 58.3 Å². The molecule has 0 radical (unpaired) electrons. The number of pyridine rings is 1. The van der Waals surface area contributed by atoms with E-state index in [-0.39, 0.29) is 24.0 Å². The second kappa shape index (κ2) is 13.1. The second-order valence-corrected chi connectivity index (χ2v) is 14.1. The molecule has 234 valence electrons. The molecule has 2 aromatic carbocycles. The SMILES string of the molecule is Cc1cccc(C)c1-c1cc2nc(n1)NSc1cccc(c1)C(=O)N(Cc1cccc(N3CCCC3)n1)[C@H](CC(C)(C)C)CO2. The fraction of sp³-hybridized carbons (Fsp3) is 0.389. The Balaban J connectivity index is 1.41. The summed E-state index contributed by atoms with van der Waals surface area (Å²) in [6.07, 6.45) is 3.10. The number of rotatable bonds is 5. The molecule has 9 heteroatoms. The van der Waals surface area contributed by atoms with Crippen molar-refractivity contribution in [2.24, 2.45) is 5.41 Å². The van der Waals surface area contributed by atoms with Crippen LogP contribution in [0.1, 0.15) is 67.2 Å². The minimum atomic E-state index is -0.234. The molecule has 0 unspecified atom stereocenters. The van der Waals surface area contributed by atoms with Crippen molar-refractivity contribution >= 4 is 29.6 Å². The predicted molar refractivity (Wildman–Crippen MR) is 182 cm³/mol. The van der Waals surface area contributed by atoms with Crippen LogP contribution in [0.3, 0.4) is 0 Å². The molecule has 6 rings (SSSR count). The van der Waals surface area contributed by atoms with Gasteiger partial charge in [0.25, 0.3) is 5.91 Å². The molecule has 4 bridgehead atoms. The molecule has 4 aromatic rings. The number of anilines is 2. The number of aromatic nitrogens is 3. The summed E-state index contributed by atoms with van der Waals surface area (Å²) < 4.78 is 9.82. The number of carbonyl (C=O) groups excluding carboxylic acids is 1. The van der Waals surface area contributed by atoms with E-state index in [1.807, 2.05) is 41.3 Å². The third kappa shape index (κ3) is 7.41. The van der Waals surface area contributed by atoms with Gasteiger partial charge in [0.05, 0.1) is 24.0 Å². The van der Waals surface area contributed by atoms with Crippen LogP contribution in [-0.4, -0.2) is 51.5 Å². The summed E-state index contributed by atoms with van der Waals surface area (Å²) in [5, 5.41) is 0. The topological polar surface area (TPSA) is 83.5 Å². The van der Waals surface area contributed by atoms with E-state index in [4.69, 9.17) is 19.7 Å². The van der Waals surface area contributed by atoms with Gasteiger partial charge in [-0.2, -0.15) is 4.98 Å². The van der Waals surface area contributed by atoms with Crippen LogP contribution in [0.5, 0.6) is 5.88 Å². The van der Waals surface area contributed by atoms with E-state index in [1.54, 1.807) is 0 Å². The summed E-state index contributed by atoms with van der Waals surface area (Å²) in [6, 6.07) is 21.8. The molecule has 1 fully saturated rings. The van der Waals surface area contributed by atoms with E-state index >= 15 is 0 Å². The van der Waals surface area contributed by atoms with Crippen molar-refractivity contribution in [1.82, 2.24) is 19.9 Å². The Kier molecular flexibility index (Phi) is 8.99. The predicted octanol–water partition coefficient (Wildman–Crippen LogP) is 7.71. The third-order valence-corrected chi connectivity index (χ3v) is 9.08. The Bertz CT molecular complexity index is 1660. The van der Waals surface area contributed by atoms with Gasteiger partial charge >= 0.3 is 0 Å². The monoisotopic (exact) mass is 622 g/mol. The van der Waals surface area contributed by atoms with Crippen LogP contribution < -0.4 is 14.4 Å². The number of fused-ring (bicyclic) bond motifs is 4. The Hall–Kier alpha value is -4.11. The van der Waals surface area contributed by atoms with E-state index in [1.165, 1.54) is 24.8 Å². The number of hydrogen-bond donors (Lipinski definition) is 1. The maximum atomic E-state index is 14.4. The van der Waals surface area contributed by atoms with Gasteiger partial charge in [0.2, 0.25) is 11.8 Å². The molecule has 1 saturated heterocycles. The molecule has 1 atom stereocenters. The quantitative estimate of drug-likeness (QED) is 0.227. The van der Waals surface area contributed by atoms with Gasteiger partial charge in [0, 0.05) is 35.2 Å². The molecule has 8 nitrogen and oxygen atoms in total. The highest BCUT2D eigenvalue weighted by Crippen LogP contribution is 2.32. The molecule has 0 saturated carbocycles. The van der Waals surface area contributed by atoms with Crippen LogP contribution in [-0.2, 0) is 6.54 Å². The number of amides is 1. The van der Waals surface area contributed by atoms with E-state index in [0.29, 0.717) is 23.9 Å². The van der Waals surface area contributed by atoms with Gasteiger partial charge < -0.3 is 14.5 Å². The first-order chi connectivity index (χ1) is 21.6. The van der Waals surface area contributed by atoms with Crippen LogP contribution in [0.25, 0.3) is 11.3 Å². The van der Waals surface area contributed by atoms with Gasteiger partial charge in [0.15, 0.2) is 0 Å². The molecule has 2 aliphatic heterocycles. The second-order valence-electron chi connectivity index (χ2n) is 13.3. The fourth-order valence-corrected chi connectivity index (χ4v) is 6.85. The number of nitrogens with one attached hydrogen (secondary N) is 1. The number of carbonyl (C=O) groups is 1. The lowest BCUT2D eigenvalue weighted by Gasteiger charge is -2.35. The minimum Gasteiger partial charge on any atom is -0.475 e. The van der Waals surface area contributed by atoms with E-state index in [2.05, 4.69) is 74.6 Å². The first kappa shape index (κ1) is 30.9. The fourth-order valence-electron chi connectivity index (χ4n) is 6.22. The first-order valence-electron chi connectivity index (χ1n) is 15.8. The van der Waals surface area contributed by atoms with Crippen LogP contribution in [0, 0.1) is 19.3 Å². The normalized spacial score (nSPS) is 17.2. The molecule has 0 spiro atoms. The lowest BCUT2D eigenvalue weighted by Crippen LogP contribution is -2.45. The minimum absolute atomic E-state index is 0.0445. The molecule has 2 aliphatic rings. The van der Waals surface area contributed by atoms with Crippen molar-refractivity contribution in [3.8, 4) is 17.1 Å². The maximum absolute atomic E-state index is 14.4. The number of ether oxygens (including phenoxy) is 1. The van der Waals surface area contributed by atoms with Gasteiger partial charge in [-0.05, 0) is 91.9 Å². The Morgan fingerprint density at radius 1 is 0.933 bits per heavy atom. The summed E-state index contributed by atoms with van der Waals surface area (Å²) >= 11 is 1.38. The lowest BCUT2D eigenvalue weighted by molar-refractivity contribution is 0.0509. The summed E-state index contributed by atoms with van der Waals surface area (Å²) in [5.74, 6) is 1.86. The molecule has 4 heterocycles. The van der Waals surface area contributed by atoms with Crippen LogP contribution in [0.4, 0.5) is 11.8 Å². The van der Waals surface area contributed by atoms with Gasteiger partial charge in [-0.3, -0.25) is 9.52 Å². The highest BCUT2D eigenvalue weighted by molar-refractivity contribution is 8.00. The Morgan fingerprint density at radius 3 is 2.42 bits per heavy atom.